The van der Waals surface area contributed by atoms with E-state index in [1.807, 2.05) is 23.5 Å². The maximum Gasteiger partial charge on any atom is 0.0408 e. The SMILES string of the molecule is CC(C)NCC(Cc1cccc(Cl)c1)Cc1cc(Br)cs1. The molecule has 1 atom stereocenters. The van der Waals surface area contributed by atoms with Crippen LogP contribution in [0.3, 0.4) is 0 Å². The molecule has 1 nitrogen and oxygen atoms in total. The van der Waals surface area contributed by atoms with Gasteiger partial charge in [0.25, 0.3) is 0 Å². The van der Waals surface area contributed by atoms with Crippen molar-refractivity contribution in [3.8, 4) is 0 Å². The topological polar surface area (TPSA) is 12.0 Å². The molecule has 1 heterocycles. The average molecular weight is 387 g/mol. The van der Waals surface area contributed by atoms with Gasteiger partial charge in [0.2, 0.25) is 0 Å². The van der Waals surface area contributed by atoms with Gasteiger partial charge in [-0.1, -0.05) is 37.6 Å². The van der Waals surface area contributed by atoms with Gasteiger partial charge in [-0.05, 0) is 65.0 Å². The molecule has 114 valence electrons. The van der Waals surface area contributed by atoms with E-state index >= 15 is 0 Å². The van der Waals surface area contributed by atoms with Crippen LogP contribution < -0.4 is 5.32 Å². The molecule has 1 aromatic carbocycles. The van der Waals surface area contributed by atoms with Gasteiger partial charge in [-0.2, -0.15) is 0 Å². The first-order valence-electron chi connectivity index (χ1n) is 7.23. The monoisotopic (exact) mass is 385 g/mol. The second-order valence-electron chi connectivity index (χ2n) is 5.70. The number of benzene rings is 1. The van der Waals surface area contributed by atoms with E-state index in [4.69, 9.17) is 11.6 Å². The molecule has 0 bridgehead atoms. The van der Waals surface area contributed by atoms with E-state index in [0.717, 1.165) is 24.4 Å². The van der Waals surface area contributed by atoms with Crippen LogP contribution in [0.25, 0.3) is 0 Å². The fourth-order valence-electron chi connectivity index (χ4n) is 2.36. The second-order valence-corrected chi connectivity index (χ2v) is 8.05. The molecule has 4 heteroatoms. The van der Waals surface area contributed by atoms with Crippen LogP contribution >= 0.6 is 38.9 Å². The first-order chi connectivity index (χ1) is 10.0. The van der Waals surface area contributed by atoms with Gasteiger partial charge in [-0.15, -0.1) is 11.3 Å². The first-order valence-corrected chi connectivity index (χ1v) is 9.28. The lowest BCUT2D eigenvalue weighted by Gasteiger charge is -2.19. The van der Waals surface area contributed by atoms with Crippen molar-refractivity contribution in [2.75, 3.05) is 6.54 Å². The highest BCUT2D eigenvalue weighted by atomic mass is 79.9. The van der Waals surface area contributed by atoms with Crippen LogP contribution in [-0.4, -0.2) is 12.6 Å². The van der Waals surface area contributed by atoms with Crippen molar-refractivity contribution in [3.63, 3.8) is 0 Å². The summed E-state index contributed by atoms with van der Waals surface area (Å²) in [5, 5.41) is 6.54. The molecular weight excluding hydrogens is 366 g/mol. The summed E-state index contributed by atoms with van der Waals surface area (Å²) >= 11 is 11.5. The molecule has 1 unspecified atom stereocenters. The molecule has 1 N–H and O–H groups in total. The fraction of sp³-hybridized carbons (Fsp3) is 0.412. The van der Waals surface area contributed by atoms with Crippen LogP contribution in [0.1, 0.15) is 24.3 Å². The Morgan fingerprint density at radius 1 is 1.24 bits per heavy atom. The van der Waals surface area contributed by atoms with Crippen LogP contribution in [0.4, 0.5) is 0 Å². The Hall–Kier alpha value is -0.350. The van der Waals surface area contributed by atoms with Gasteiger partial charge in [0.05, 0.1) is 0 Å². The summed E-state index contributed by atoms with van der Waals surface area (Å²) in [4.78, 5) is 1.43. The summed E-state index contributed by atoms with van der Waals surface area (Å²) in [6, 6.07) is 11.0. The highest BCUT2D eigenvalue weighted by molar-refractivity contribution is 9.10. The number of thiophene rings is 1. The van der Waals surface area contributed by atoms with Crippen molar-refractivity contribution >= 4 is 38.9 Å². The van der Waals surface area contributed by atoms with Gasteiger partial charge in [-0.3, -0.25) is 0 Å². The van der Waals surface area contributed by atoms with Gasteiger partial charge >= 0.3 is 0 Å². The Morgan fingerprint density at radius 2 is 2.05 bits per heavy atom. The summed E-state index contributed by atoms with van der Waals surface area (Å²) in [6.07, 6.45) is 2.15. The van der Waals surface area contributed by atoms with Crippen LogP contribution in [0, 0.1) is 5.92 Å². The molecule has 2 aromatic rings. The molecule has 0 aliphatic rings. The Morgan fingerprint density at radius 3 is 2.67 bits per heavy atom. The lowest BCUT2D eigenvalue weighted by atomic mass is 9.95. The van der Waals surface area contributed by atoms with Gasteiger partial charge in [0.15, 0.2) is 0 Å². The Kier molecular flexibility index (Phi) is 6.74. The first kappa shape index (κ1) is 17.0. The molecule has 1 aromatic heterocycles. The average Bonchev–Trinajstić information content (AvgIpc) is 2.81. The van der Waals surface area contributed by atoms with E-state index in [9.17, 15) is 0 Å². The molecule has 2 rings (SSSR count). The van der Waals surface area contributed by atoms with Crippen LogP contribution in [0.5, 0.6) is 0 Å². The molecular formula is C17H21BrClNS. The standard InChI is InChI=1S/C17H21BrClNS/c1-12(2)20-10-14(8-17-9-15(18)11-21-17)6-13-4-3-5-16(19)7-13/h3-5,7,9,11-12,14,20H,6,8,10H2,1-2H3. The van der Waals surface area contributed by atoms with Gasteiger partial charge in [-0.25, -0.2) is 0 Å². The van der Waals surface area contributed by atoms with Gasteiger partial charge in [0, 0.05) is 25.8 Å². The Bertz CT molecular complexity index is 567. The van der Waals surface area contributed by atoms with Crippen molar-refractivity contribution in [1.82, 2.24) is 5.32 Å². The van der Waals surface area contributed by atoms with E-state index in [2.05, 4.69) is 58.7 Å². The smallest absolute Gasteiger partial charge is 0.0408 e. The minimum atomic E-state index is 0.516. The maximum absolute atomic E-state index is 6.10. The minimum absolute atomic E-state index is 0.516. The van der Waals surface area contributed by atoms with Crippen molar-refractivity contribution in [3.05, 3.63) is 55.6 Å². The Labute approximate surface area is 144 Å². The minimum Gasteiger partial charge on any atom is -0.314 e. The number of hydrogen-bond acceptors (Lipinski definition) is 2. The predicted octanol–water partition coefficient (Wildman–Crippen LogP) is 5.56. The number of halogens is 2. The summed E-state index contributed by atoms with van der Waals surface area (Å²) in [7, 11) is 0. The zero-order chi connectivity index (χ0) is 15.2. The van der Waals surface area contributed by atoms with E-state index in [-0.39, 0.29) is 0 Å². The summed E-state index contributed by atoms with van der Waals surface area (Å²) in [5.74, 6) is 0.580. The molecule has 0 saturated carbocycles. The summed E-state index contributed by atoms with van der Waals surface area (Å²) in [5.41, 5.74) is 1.31. The van der Waals surface area contributed by atoms with Crippen molar-refractivity contribution in [1.29, 1.82) is 0 Å². The van der Waals surface area contributed by atoms with E-state index in [0.29, 0.717) is 12.0 Å². The maximum atomic E-state index is 6.10. The summed E-state index contributed by atoms with van der Waals surface area (Å²) < 4.78 is 1.18. The quantitative estimate of drug-likeness (QED) is 0.656. The third-order valence-corrected chi connectivity index (χ3v) is 5.29. The van der Waals surface area contributed by atoms with Gasteiger partial charge < -0.3 is 5.32 Å². The molecule has 0 aliphatic carbocycles. The molecule has 0 fully saturated rings. The van der Waals surface area contributed by atoms with Crippen molar-refractivity contribution < 1.29 is 0 Å². The van der Waals surface area contributed by atoms with Crippen molar-refractivity contribution in [2.45, 2.75) is 32.7 Å². The highest BCUT2D eigenvalue weighted by Gasteiger charge is 2.13. The number of nitrogens with one attached hydrogen (secondary N) is 1. The number of rotatable bonds is 7. The van der Waals surface area contributed by atoms with E-state index in [1.54, 1.807) is 0 Å². The molecule has 0 aliphatic heterocycles. The van der Waals surface area contributed by atoms with Crippen LogP contribution in [0.2, 0.25) is 5.02 Å². The molecule has 0 radical (unpaired) electrons. The van der Waals surface area contributed by atoms with Crippen molar-refractivity contribution in [2.24, 2.45) is 5.92 Å². The lowest BCUT2D eigenvalue weighted by molar-refractivity contribution is 0.446. The van der Waals surface area contributed by atoms with E-state index in [1.165, 1.54) is 14.9 Å². The predicted molar refractivity (Wildman–Crippen MR) is 97.5 cm³/mol. The second kappa shape index (κ2) is 8.33. The zero-order valence-electron chi connectivity index (χ0n) is 12.4. The molecule has 21 heavy (non-hydrogen) atoms. The normalized spacial score (nSPS) is 12.8. The molecule has 0 saturated heterocycles. The molecule has 0 spiro atoms. The van der Waals surface area contributed by atoms with Crippen LogP contribution in [0.15, 0.2) is 40.2 Å². The third-order valence-electron chi connectivity index (χ3n) is 3.34. The Balaban J connectivity index is 2.04. The number of hydrogen-bond donors (Lipinski definition) is 1. The highest BCUT2D eigenvalue weighted by Crippen LogP contribution is 2.24. The summed E-state index contributed by atoms with van der Waals surface area (Å²) in [6.45, 7) is 5.41. The zero-order valence-corrected chi connectivity index (χ0v) is 15.6. The van der Waals surface area contributed by atoms with Crippen LogP contribution in [-0.2, 0) is 12.8 Å². The fourth-order valence-corrected chi connectivity index (χ4v) is 4.14. The third kappa shape index (κ3) is 6.11. The lowest BCUT2D eigenvalue weighted by Crippen LogP contribution is -2.30. The van der Waals surface area contributed by atoms with E-state index < -0.39 is 0 Å². The van der Waals surface area contributed by atoms with Gasteiger partial charge in [0.1, 0.15) is 0 Å². The molecule has 0 amide bonds. The largest absolute Gasteiger partial charge is 0.314 e.